The van der Waals surface area contributed by atoms with Crippen LogP contribution in [0, 0.1) is 35.0 Å². The van der Waals surface area contributed by atoms with Crippen LogP contribution in [0.2, 0.25) is 0 Å². The molecule has 0 spiro atoms. The summed E-state index contributed by atoms with van der Waals surface area (Å²) in [6, 6.07) is 0. The second kappa shape index (κ2) is 5.55. The summed E-state index contributed by atoms with van der Waals surface area (Å²) in [6.45, 7) is 12.1. The van der Waals surface area contributed by atoms with Gasteiger partial charge in [0.1, 0.15) is 0 Å². The lowest BCUT2D eigenvalue weighted by molar-refractivity contribution is -0.164. The molecule has 0 N–H and O–H groups in total. The van der Waals surface area contributed by atoms with E-state index in [1.165, 1.54) is 25.7 Å². The minimum Gasteiger partial charge on any atom is -0.0654 e. The van der Waals surface area contributed by atoms with Gasteiger partial charge in [-0.15, -0.1) is 0 Å². The average molecular weight is 250 g/mol. The van der Waals surface area contributed by atoms with E-state index in [1.54, 1.807) is 19.3 Å². The first kappa shape index (κ1) is 14.4. The monoisotopic (exact) mass is 250 g/mol. The third-order valence-electron chi connectivity index (χ3n) is 6.33. The lowest BCUT2D eigenvalue weighted by Crippen LogP contribution is -2.57. The molecule has 0 amide bonds. The van der Waals surface area contributed by atoms with Gasteiger partial charge in [-0.3, -0.25) is 0 Å². The smallest absolute Gasteiger partial charge is 0.0238 e. The normalized spacial score (nSPS) is 37.7. The van der Waals surface area contributed by atoms with E-state index in [4.69, 9.17) is 0 Å². The topological polar surface area (TPSA) is 0 Å². The van der Waals surface area contributed by atoms with Gasteiger partial charge in [0.05, 0.1) is 0 Å². The van der Waals surface area contributed by atoms with Crippen LogP contribution in [0.4, 0.5) is 0 Å². The standard InChI is InChI=1S/C18H34/c1-6-7-14(4)15(5)12-18-9-8-16(18)11-17(18)10-13(2)3/h13-17H,6-12H2,1-5H3. The third-order valence-corrected chi connectivity index (χ3v) is 6.33. The Morgan fingerprint density at radius 3 is 2.28 bits per heavy atom. The molecule has 0 saturated heterocycles. The third kappa shape index (κ3) is 2.49. The van der Waals surface area contributed by atoms with Gasteiger partial charge >= 0.3 is 0 Å². The highest BCUT2D eigenvalue weighted by atomic mass is 14.6. The first-order valence-electron chi connectivity index (χ1n) is 8.49. The van der Waals surface area contributed by atoms with Crippen molar-refractivity contribution >= 4 is 0 Å². The molecule has 2 aliphatic carbocycles. The molecule has 2 fully saturated rings. The van der Waals surface area contributed by atoms with E-state index in [9.17, 15) is 0 Å². The molecule has 0 bridgehead atoms. The van der Waals surface area contributed by atoms with Crippen LogP contribution in [0.25, 0.3) is 0 Å². The summed E-state index contributed by atoms with van der Waals surface area (Å²) in [5.41, 5.74) is 0.811. The maximum absolute atomic E-state index is 2.52. The summed E-state index contributed by atoms with van der Waals surface area (Å²) in [5.74, 6) is 4.98. The molecule has 0 radical (unpaired) electrons. The van der Waals surface area contributed by atoms with E-state index in [0.29, 0.717) is 0 Å². The van der Waals surface area contributed by atoms with Crippen molar-refractivity contribution in [2.75, 3.05) is 0 Å². The van der Waals surface area contributed by atoms with Gasteiger partial charge in [0.15, 0.2) is 0 Å². The molecule has 0 heteroatoms. The van der Waals surface area contributed by atoms with Crippen LogP contribution in [0.1, 0.15) is 79.6 Å². The van der Waals surface area contributed by atoms with Crippen molar-refractivity contribution < 1.29 is 0 Å². The first-order chi connectivity index (χ1) is 8.49. The first-order valence-corrected chi connectivity index (χ1v) is 8.49. The minimum atomic E-state index is 0.811. The predicted octanol–water partition coefficient (Wildman–Crippen LogP) is 5.91. The van der Waals surface area contributed by atoms with Crippen molar-refractivity contribution in [3.05, 3.63) is 0 Å². The molecular weight excluding hydrogens is 216 g/mol. The zero-order chi connectivity index (χ0) is 13.3. The van der Waals surface area contributed by atoms with E-state index in [0.717, 1.165) is 35.0 Å². The van der Waals surface area contributed by atoms with Gasteiger partial charge in [0.25, 0.3) is 0 Å². The quantitative estimate of drug-likeness (QED) is 0.527. The molecule has 5 unspecified atom stereocenters. The molecule has 2 aliphatic rings. The summed E-state index contributed by atoms with van der Waals surface area (Å²) >= 11 is 0. The lowest BCUT2D eigenvalue weighted by atomic mass is 9.39. The highest BCUT2D eigenvalue weighted by Gasteiger charge is 2.59. The van der Waals surface area contributed by atoms with Crippen LogP contribution in [0.15, 0.2) is 0 Å². The molecule has 2 rings (SSSR count). The van der Waals surface area contributed by atoms with E-state index < -0.39 is 0 Å². The fraction of sp³-hybridized carbons (Fsp3) is 1.00. The molecule has 0 aromatic rings. The Bertz CT molecular complexity index is 267. The number of hydrogen-bond donors (Lipinski definition) is 0. The Labute approximate surface area is 115 Å². The van der Waals surface area contributed by atoms with E-state index in [2.05, 4.69) is 34.6 Å². The highest BCUT2D eigenvalue weighted by Crippen LogP contribution is 2.69. The molecule has 0 aromatic carbocycles. The van der Waals surface area contributed by atoms with Gasteiger partial charge in [-0.05, 0) is 67.1 Å². The van der Waals surface area contributed by atoms with E-state index in [-0.39, 0.29) is 0 Å². The summed E-state index contributed by atoms with van der Waals surface area (Å²) < 4.78 is 0. The van der Waals surface area contributed by atoms with E-state index in [1.807, 2.05) is 0 Å². The predicted molar refractivity (Wildman–Crippen MR) is 80.6 cm³/mol. The van der Waals surface area contributed by atoms with Gasteiger partial charge in [0, 0.05) is 0 Å². The molecule has 18 heavy (non-hydrogen) atoms. The van der Waals surface area contributed by atoms with Crippen molar-refractivity contribution in [2.24, 2.45) is 35.0 Å². The Morgan fingerprint density at radius 2 is 1.83 bits per heavy atom. The Morgan fingerprint density at radius 1 is 1.11 bits per heavy atom. The number of rotatable bonds is 7. The van der Waals surface area contributed by atoms with Crippen molar-refractivity contribution in [1.29, 1.82) is 0 Å². The van der Waals surface area contributed by atoms with Crippen molar-refractivity contribution in [3.8, 4) is 0 Å². The second-order valence-electron chi connectivity index (χ2n) is 7.98. The molecule has 0 heterocycles. The fourth-order valence-electron chi connectivity index (χ4n) is 4.90. The Hall–Kier alpha value is 0. The van der Waals surface area contributed by atoms with Crippen LogP contribution in [-0.2, 0) is 0 Å². The number of fused-ring (bicyclic) bond motifs is 1. The summed E-state index contributed by atoms with van der Waals surface area (Å²) in [4.78, 5) is 0. The molecule has 0 aromatic heterocycles. The van der Waals surface area contributed by atoms with Crippen LogP contribution in [-0.4, -0.2) is 0 Å². The highest BCUT2D eigenvalue weighted by molar-refractivity contribution is 5.09. The maximum Gasteiger partial charge on any atom is -0.0238 e. The second-order valence-corrected chi connectivity index (χ2v) is 7.98. The largest absolute Gasteiger partial charge is 0.0654 e. The minimum absolute atomic E-state index is 0.811. The summed E-state index contributed by atoms with van der Waals surface area (Å²) in [5, 5.41) is 0. The SMILES string of the molecule is CCCC(C)C(C)CC12CCC1CC2CC(C)C. The van der Waals surface area contributed by atoms with Crippen LogP contribution in [0.5, 0.6) is 0 Å². The maximum atomic E-state index is 2.52. The number of hydrogen-bond acceptors (Lipinski definition) is 0. The van der Waals surface area contributed by atoms with E-state index >= 15 is 0 Å². The van der Waals surface area contributed by atoms with Gasteiger partial charge < -0.3 is 0 Å². The van der Waals surface area contributed by atoms with Gasteiger partial charge in [-0.1, -0.05) is 47.5 Å². The van der Waals surface area contributed by atoms with Crippen LogP contribution >= 0.6 is 0 Å². The Balaban J connectivity index is 1.90. The molecule has 0 aliphatic heterocycles. The van der Waals surface area contributed by atoms with Gasteiger partial charge in [-0.2, -0.15) is 0 Å². The molecule has 5 atom stereocenters. The average Bonchev–Trinajstić information content (AvgIpc) is 2.30. The van der Waals surface area contributed by atoms with Crippen LogP contribution in [0.3, 0.4) is 0 Å². The van der Waals surface area contributed by atoms with Crippen molar-refractivity contribution in [3.63, 3.8) is 0 Å². The summed E-state index contributed by atoms with van der Waals surface area (Å²) in [7, 11) is 0. The van der Waals surface area contributed by atoms with Gasteiger partial charge in [-0.25, -0.2) is 0 Å². The zero-order valence-electron chi connectivity index (χ0n) is 13.3. The van der Waals surface area contributed by atoms with Crippen molar-refractivity contribution in [2.45, 2.75) is 79.6 Å². The molecular formula is C18H34. The molecule has 0 nitrogen and oxygen atoms in total. The molecule has 106 valence electrons. The van der Waals surface area contributed by atoms with Crippen molar-refractivity contribution in [1.82, 2.24) is 0 Å². The lowest BCUT2D eigenvalue weighted by Gasteiger charge is -2.66. The Kier molecular flexibility index (Phi) is 4.44. The molecule has 2 saturated carbocycles. The zero-order valence-corrected chi connectivity index (χ0v) is 13.3. The summed E-state index contributed by atoms with van der Waals surface area (Å²) in [6.07, 6.45) is 10.5. The fourth-order valence-corrected chi connectivity index (χ4v) is 4.90. The van der Waals surface area contributed by atoms with Crippen LogP contribution < -0.4 is 0 Å². The van der Waals surface area contributed by atoms with Gasteiger partial charge in [0.2, 0.25) is 0 Å².